The highest BCUT2D eigenvalue weighted by atomic mass is 16.3. The summed E-state index contributed by atoms with van der Waals surface area (Å²) < 4.78 is 5.03. The maximum absolute atomic E-state index is 11.2. The van der Waals surface area contributed by atoms with Gasteiger partial charge in [-0.3, -0.25) is 9.78 Å². The summed E-state index contributed by atoms with van der Waals surface area (Å²) in [6.45, 7) is 0. The molecule has 0 saturated carbocycles. The second-order valence-electron chi connectivity index (χ2n) is 3.46. The molecular formula is C12H8N2O2. The average Bonchev–Trinajstić information content (AvgIpc) is 2.81. The second kappa shape index (κ2) is 3.34. The van der Waals surface area contributed by atoms with Crippen LogP contribution in [0.4, 0.5) is 0 Å². The highest BCUT2D eigenvalue weighted by molar-refractivity contribution is 5.91. The summed E-state index contributed by atoms with van der Waals surface area (Å²) in [4.78, 5) is 18.2. The van der Waals surface area contributed by atoms with Gasteiger partial charge in [-0.25, -0.2) is 0 Å². The molecule has 16 heavy (non-hydrogen) atoms. The van der Waals surface area contributed by atoms with Crippen LogP contribution in [0.2, 0.25) is 0 Å². The van der Waals surface area contributed by atoms with E-state index in [-0.39, 0.29) is 5.56 Å². The number of aromatic nitrogens is 2. The molecule has 0 aliphatic rings. The number of nitrogens with zero attached hydrogens (tertiary/aromatic N) is 1. The molecule has 0 fully saturated rings. The molecule has 3 rings (SSSR count). The van der Waals surface area contributed by atoms with Crippen LogP contribution in [0.3, 0.4) is 0 Å². The van der Waals surface area contributed by atoms with Crippen molar-refractivity contribution in [3.63, 3.8) is 0 Å². The predicted octanol–water partition coefficient (Wildman–Crippen LogP) is 2.18. The predicted molar refractivity (Wildman–Crippen MR) is 60.1 cm³/mol. The van der Waals surface area contributed by atoms with Crippen LogP contribution in [-0.4, -0.2) is 9.97 Å². The maximum atomic E-state index is 11.2. The van der Waals surface area contributed by atoms with Crippen molar-refractivity contribution >= 4 is 10.9 Å². The number of furan rings is 1. The van der Waals surface area contributed by atoms with Gasteiger partial charge in [0.1, 0.15) is 0 Å². The number of fused-ring (bicyclic) bond motifs is 1. The third-order valence-electron chi connectivity index (χ3n) is 2.44. The molecule has 0 saturated heterocycles. The van der Waals surface area contributed by atoms with Crippen LogP contribution in [0, 0.1) is 0 Å². The molecule has 0 atom stereocenters. The molecule has 3 aromatic heterocycles. The molecule has 0 unspecified atom stereocenters. The van der Waals surface area contributed by atoms with Crippen LogP contribution in [0.5, 0.6) is 0 Å². The van der Waals surface area contributed by atoms with E-state index in [9.17, 15) is 4.79 Å². The van der Waals surface area contributed by atoms with Gasteiger partial charge in [-0.05, 0) is 18.2 Å². The van der Waals surface area contributed by atoms with E-state index in [0.717, 1.165) is 22.2 Å². The maximum Gasteiger partial charge on any atom is 0.248 e. The van der Waals surface area contributed by atoms with Crippen molar-refractivity contribution in [2.45, 2.75) is 0 Å². The summed E-state index contributed by atoms with van der Waals surface area (Å²) in [5.41, 5.74) is 2.37. The summed E-state index contributed by atoms with van der Waals surface area (Å²) in [7, 11) is 0. The van der Waals surface area contributed by atoms with Gasteiger partial charge in [-0.2, -0.15) is 0 Å². The van der Waals surface area contributed by atoms with E-state index in [1.165, 1.54) is 6.07 Å². The van der Waals surface area contributed by atoms with Crippen molar-refractivity contribution in [2.75, 3.05) is 0 Å². The van der Waals surface area contributed by atoms with E-state index in [4.69, 9.17) is 4.42 Å². The Bertz CT molecular complexity index is 684. The smallest absolute Gasteiger partial charge is 0.248 e. The van der Waals surface area contributed by atoms with Gasteiger partial charge >= 0.3 is 0 Å². The molecule has 3 aromatic rings. The van der Waals surface area contributed by atoms with Crippen LogP contribution in [-0.2, 0) is 0 Å². The molecule has 0 spiro atoms. The summed E-state index contributed by atoms with van der Waals surface area (Å²) in [6, 6.07) is 6.88. The number of rotatable bonds is 1. The molecule has 0 radical (unpaired) electrons. The Kier molecular flexibility index (Phi) is 1.86. The van der Waals surface area contributed by atoms with E-state index >= 15 is 0 Å². The van der Waals surface area contributed by atoms with E-state index in [0.29, 0.717) is 0 Å². The number of aromatic amines is 1. The lowest BCUT2D eigenvalue weighted by molar-refractivity contribution is 0.568. The zero-order chi connectivity index (χ0) is 11.0. The molecule has 3 heterocycles. The lowest BCUT2D eigenvalue weighted by Crippen LogP contribution is -2.02. The normalized spacial score (nSPS) is 10.8. The Morgan fingerprint density at radius 1 is 1.19 bits per heavy atom. The van der Waals surface area contributed by atoms with Crippen LogP contribution in [0.15, 0.2) is 52.2 Å². The first-order chi connectivity index (χ1) is 7.84. The van der Waals surface area contributed by atoms with E-state index in [1.807, 2.05) is 6.07 Å². The fourth-order valence-corrected chi connectivity index (χ4v) is 1.71. The largest absolute Gasteiger partial charge is 0.472 e. The first kappa shape index (κ1) is 8.91. The summed E-state index contributed by atoms with van der Waals surface area (Å²) >= 11 is 0. The Morgan fingerprint density at radius 2 is 2.12 bits per heavy atom. The topological polar surface area (TPSA) is 58.9 Å². The Morgan fingerprint density at radius 3 is 2.94 bits per heavy atom. The Hall–Kier alpha value is -2.36. The monoisotopic (exact) mass is 212 g/mol. The summed E-state index contributed by atoms with van der Waals surface area (Å²) in [6.07, 6.45) is 4.90. The molecule has 0 aliphatic heterocycles. The SMILES string of the molecule is O=c1ccc2c(-c3ccoc3)nccc2[nH]1. The van der Waals surface area contributed by atoms with Crippen molar-refractivity contribution in [1.82, 2.24) is 9.97 Å². The van der Waals surface area contributed by atoms with Gasteiger partial charge < -0.3 is 9.40 Å². The minimum Gasteiger partial charge on any atom is -0.472 e. The quantitative estimate of drug-likeness (QED) is 0.672. The molecule has 0 aliphatic carbocycles. The van der Waals surface area contributed by atoms with Gasteiger partial charge in [0.2, 0.25) is 5.56 Å². The van der Waals surface area contributed by atoms with Crippen LogP contribution < -0.4 is 5.56 Å². The zero-order valence-electron chi connectivity index (χ0n) is 8.31. The van der Waals surface area contributed by atoms with E-state index in [1.54, 1.807) is 30.9 Å². The minimum absolute atomic E-state index is 0.114. The number of nitrogens with one attached hydrogen (secondary N) is 1. The van der Waals surface area contributed by atoms with Gasteiger partial charge in [0.25, 0.3) is 0 Å². The number of pyridine rings is 2. The fraction of sp³-hybridized carbons (Fsp3) is 0. The zero-order valence-corrected chi connectivity index (χ0v) is 8.31. The highest BCUT2D eigenvalue weighted by Crippen LogP contribution is 2.24. The third kappa shape index (κ3) is 1.32. The van der Waals surface area contributed by atoms with Crippen molar-refractivity contribution in [3.05, 3.63) is 53.3 Å². The molecule has 1 N–H and O–H groups in total. The van der Waals surface area contributed by atoms with Crippen LogP contribution in [0.1, 0.15) is 0 Å². The third-order valence-corrected chi connectivity index (χ3v) is 2.44. The van der Waals surface area contributed by atoms with Crippen LogP contribution >= 0.6 is 0 Å². The van der Waals surface area contributed by atoms with E-state index < -0.39 is 0 Å². The number of hydrogen-bond donors (Lipinski definition) is 1. The lowest BCUT2D eigenvalue weighted by atomic mass is 10.1. The summed E-state index contributed by atoms with van der Waals surface area (Å²) in [5.74, 6) is 0. The van der Waals surface area contributed by atoms with Gasteiger partial charge in [0, 0.05) is 23.2 Å². The molecular weight excluding hydrogens is 204 g/mol. The van der Waals surface area contributed by atoms with Gasteiger partial charge in [0.15, 0.2) is 0 Å². The minimum atomic E-state index is -0.114. The number of hydrogen-bond acceptors (Lipinski definition) is 3. The first-order valence-corrected chi connectivity index (χ1v) is 4.85. The molecule has 4 heteroatoms. The van der Waals surface area contributed by atoms with Crippen LogP contribution in [0.25, 0.3) is 22.2 Å². The molecule has 4 nitrogen and oxygen atoms in total. The average molecular weight is 212 g/mol. The van der Waals surface area contributed by atoms with Crippen molar-refractivity contribution in [3.8, 4) is 11.3 Å². The van der Waals surface area contributed by atoms with E-state index in [2.05, 4.69) is 9.97 Å². The summed E-state index contributed by atoms with van der Waals surface area (Å²) in [5, 5.41) is 0.906. The highest BCUT2D eigenvalue weighted by Gasteiger charge is 2.06. The standard InChI is InChI=1S/C12H8N2O2/c15-11-2-1-9-10(14-11)3-5-13-12(9)8-4-6-16-7-8/h1-7H,(H,14,15). The molecule has 0 aromatic carbocycles. The first-order valence-electron chi connectivity index (χ1n) is 4.85. The fourth-order valence-electron chi connectivity index (χ4n) is 1.71. The Labute approximate surface area is 90.6 Å². The van der Waals surface area contributed by atoms with Crippen molar-refractivity contribution in [2.24, 2.45) is 0 Å². The van der Waals surface area contributed by atoms with Gasteiger partial charge in [-0.15, -0.1) is 0 Å². The molecule has 78 valence electrons. The van der Waals surface area contributed by atoms with Gasteiger partial charge in [-0.1, -0.05) is 0 Å². The molecule has 0 bridgehead atoms. The van der Waals surface area contributed by atoms with Crippen molar-refractivity contribution in [1.29, 1.82) is 0 Å². The lowest BCUT2D eigenvalue weighted by Gasteiger charge is -2.01. The van der Waals surface area contributed by atoms with Gasteiger partial charge in [0.05, 0.1) is 23.7 Å². The second-order valence-corrected chi connectivity index (χ2v) is 3.46. The molecule has 0 amide bonds. The number of H-pyrrole nitrogens is 1. The Balaban J connectivity index is 2.38. The van der Waals surface area contributed by atoms with Crippen molar-refractivity contribution < 1.29 is 4.42 Å².